The number of nitrogens with one attached hydrogen (secondary N) is 1. The van der Waals surface area contributed by atoms with Gasteiger partial charge in [0.25, 0.3) is 0 Å². The van der Waals surface area contributed by atoms with Crippen LogP contribution in [0.5, 0.6) is 0 Å². The van der Waals surface area contributed by atoms with Crippen molar-refractivity contribution in [2.24, 2.45) is 5.73 Å². The van der Waals surface area contributed by atoms with Gasteiger partial charge < -0.3 is 11.1 Å². The summed E-state index contributed by atoms with van der Waals surface area (Å²) in [5.41, 5.74) is 7.24. The Bertz CT molecular complexity index is 885. The van der Waals surface area contributed by atoms with Gasteiger partial charge in [-0.2, -0.15) is 0 Å². The number of benzene rings is 2. The number of Topliss-reactive ketones (excluding diaryl/α,β-unsaturated/α-hetero) is 2. The van der Waals surface area contributed by atoms with E-state index < -0.39 is 0 Å². The van der Waals surface area contributed by atoms with E-state index in [1.807, 2.05) is 0 Å². The number of rotatable bonds is 3. The molecule has 0 aromatic heterocycles. The Hall–Kier alpha value is -2.86. The van der Waals surface area contributed by atoms with Gasteiger partial charge in [0, 0.05) is 28.6 Å². The maximum Gasteiger partial charge on any atom is 0.221 e. The highest BCUT2D eigenvalue weighted by Crippen LogP contribution is 2.35. The Balaban J connectivity index is 1.90. The zero-order chi connectivity index (χ0) is 17.3. The maximum atomic E-state index is 12.6. The van der Waals surface area contributed by atoms with Crippen molar-refractivity contribution in [3.63, 3.8) is 0 Å². The minimum atomic E-state index is -0.331. The highest BCUT2D eigenvalue weighted by Gasteiger charge is 2.30. The van der Waals surface area contributed by atoms with Crippen LogP contribution in [-0.4, -0.2) is 17.5 Å². The number of hydrogen-bond donors (Lipinski definition) is 2. The summed E-state index contributed by atoms with van der Waals surface area (Å²) in [6.07, 6.45) is 0. The molecule has 3 rings (SSSR count). The molecule has 0 atom stereocenters. The third-order valence-corrected chi connectivity index (χ3v) is 4.62. The van der Waals surface area contributed by atoms with Crippen molar-refractivity contribution in [2.45, 2.75) is 11.8 Å². The van der Waals surface area contributed by atoms with Crippen LogP contribution in [0.2, 0.25) is 0 Å². The molecule has 1 aliphatic carbocycles. The van der Waals surface area contributed by atoms with Crippen LogP contribution in [0, 0.1) is 0 Å². The molecule has 3 N–H and O–H groups in total. The van der Waals surface area contributed by atoms with E-state index in [0.717, 1.165) is 16.7 Å². The number of carbonyl (C=O) groups excluding carboxylic acids is 3. The van der Waals surface area contributed by atoms with Gasteiger partial charge in [-0.15, -0.1) is 0 Å². The van der Waals surface area contributed by atoms with E-state index in [2.05, 4.69) is 5.32 Å². The van der Waals surface area contributed by atoms with Crippen molar-refractivity contribution in [2.75, 3.05) is 5.32 Å². The lowest BCUT2D eigenvalue weighted by atomic mass is 9.93. The molecule has 120 valence electrons. The summed E-state index contributed by atoms with van der Waals surface area (Å²) in [7, 11) is 0. The summed E-state index contributed by atoms with van der Waals surface area (Å²) >= 11 is 1.15. The first-order valence-corrected chi connectivity index (χ1v) is 8.02. The van der Waals surface area contributed by atoms with Gasteiger partial charge in [0.2, 0.25) is 17.5 Å². The second-order valence-electron chi connectivity index (χ2n) is 5.25. The third-order valence-electron chi connectivity index (χ3n) is 3.51. The quantitative estimate of drug-likeness (QED) is 0.898. The highest BCUT2D eigenvalue weighted by molar-refractivity contribution is 8.04. The lowest BCUT2D eigenvalue weighted by molar-refractivity contribution is -0.114. The molecule has 0 fully saturated rings. The smallest absolute Gasteiger partial charge is 0.221 e. The molecule has 6 heteroatoms. The number of ketones is 2. The summed E-state index contributed by atoms with van der Waals surface area (Å²) < 4.78 is 0. The van der Waals surface area contributed by atoms with Gasteiger partial charge in [-0.25, -0.2) is 0 Å². The summed E-state index contributed by atoms with van der Waals surface area (Å²) in [5, 5.41) is 2.67. The van der Waals surface area contributed by atoms with E-state index in [-0.39, 0.29) is 28.1 Å². The SMILES string of the molecule is CC(=O)Nc1ccc(SC2=C(N)C(=O)c3ccccc3C2=O)cc1. The van der Waals surface area contributed by atoms with Crippen LogP contribution in [0.15, 0.2) is 64.0 Å². The zero-order valence-corrected chi connectivity index (χ0v) is 13.6. The Morgan fingerprint density at radius 2 is 1.54 bits per heavy atom. The van der Waals surface area contributed by atoms with Gasteiger partial charge in [-0.05, 0) is 24.3 Å². The molecule has 0 saturated heterocycles. The lowest BCUT2D eigenvalue weighted by Gasteiger charge is -2.18. The number of hydrogen-bond acceptors (Lipinski definition) is 5. The first kappa shape index (κ1) is 16.0. The van der Waals surface area contributed by atoms with Crippen molar-refractivity contribution in [1.82, 2.24) is 0 Å². The number of fused-ring (bicyclic) bond motifs is 1. The number of carbonyl (C=O) groups is 3. The molecule has 0 spiro atoms. The summed E-state index contributed by atoms with van der Waals surface area (Å²) in [6, 6.07) is 13.6. The molecule has 2 aromatic carbocycles. The van der Waals surface area contributed by atoms with E-state index >= 15 is 0 Å². The summed E-state index contributed by atoms with van der Waals surface area (Å²) in [5.74, 6) is -0.742. The average molecular weight is 338 g/mol. The number of allylic oxidation sites excluding steroid dienone is 2. The standard InChI is InChI=1S/C18H14N2O3S/c1-10(21)20-11-6-8-12(9-7-11)24-18-15(19)16(22)13-4-2-3-5-14(13)17(18)23/h2-9H,19H2,1H3,(H,20,21). The second-order valence-corrected chi connectivity index (χ2v) is 6.34. The van der Waals surface area contributed by atoms with Gasteiger partial charge in [-0.1, -0.05) is 36.0 Å². The molecule has 0 heterocycles. The van der Waals surface area contributed by atoms with Crippen LogP contribution in [-0.2, 0) is 4.79 Å². The van der Waals surface area contributed by atoms with E-state index in [0.29, 0.717) is 16.8 Å². The molecule has 1 aliphatic rings. The van der Waals surface area contributed by atoms with E-state index in [1.54, 1.807) is 48.5 Å². The first-order valence-electron chi connectivity index (χ1n) is 7.21. The monoisotopic (exact) mass is 338 g/mol. The predicted molar refractivity (Wildman–Crippen MR) is 92.9 cm³/mol. The molecular weight excluding hydrogens is 324 g/mol. The van der Waals surface area contributed by atoms with Crippen LogP contribution in [0.25, 0.3) is 0 Å². The Kier molecular flexibility index (Phi) is 4.22. The topological polar surface area (TPSA) is 89.3 Å². The van der Waals surface area contributed by atoms with Crippen LogP contribution in [0.3, 0.4) is 0 Å². The molecule has 1 amide bonds. The largest absolute Gasteiger partial charge is 0.395 e. The highest BCUT2D eigenvalue weighted by atomic mass is 32.2. The van der Waals surface area contributed by atoms with Crippen molar-refractivity contribution in [3.8, 4) is 0 Å². The van der Waals surface area contributed by atoms with E-state index in [1.165, 1.54) is 6.92 Å². The van der Waals surface area contributed by atoms with Crippen molar-refractivity contribution in [1.29, 1.82) is 0 Å². The van der Waals surface area contributed by atoms with Gasteiger partial charge in [0.05, 0.1) is 10.6 Å². The third kappa shape index (κ3) is 2.96. The predicted octanol–water partition coefficient (Wildman–Crippen LogP) is 2.99. The number of amides is 1. The Morgan fingerprint density at radius 1 is 0.958 bits per heavy atom. The normalized spacial score (nSPS) is 13.7. The molecule has 24 heavy (non-hydrogen) atoms. The minimum absolute atomic E-state index is 0.0327. The van der Waals surface area contributed by atoms with Crippen LogP contribution in [0.1, 0.15) is 27.6 Å². The molecule has 2 aromatic rings. The first-order chi connectivity index (χ1) is 11.5. The van der Waals surface area contributed by atoms with Gasteiger partial charge in [0.1, 0.15) is 0 Å². The van der Waals surface area contributed by atoms with Crippen LogP contribution >= 0.6 is 11.8 Å². The maximum absolute atomic E-state index is 12.6. The lowest BCUT2D eigenvalue weighted by Crippen LogP contribution is -2.25. The molecule has 5 nitrogen and oxygen atoms in total. The molecule has 0 saturated carbocycles. The van der Waals surface area contributed by atoms with Gasteiger partial charge >= 0.3 is 0 Å². The fraction of sp³-hybridized carbons (Fsp3) is 0.0556. The molecular formula is C18H14N2O3S. The molecule has 0 radical (unpaired) electrons. The number of thioether (sulfide) groups is 1. The van der Waals surface area contributed by atoms with Crippen LogP contribution < -0.4 is 11.1 Å². The fourth-order valence-corrected chi connectivity index (χ4v) is 3.31. The summed E-state index contributed by atoms with van der Waals surface area (Å²) in [4.78, 5) is 37.0. The fourth-order valence-electron chi connectivity index (χ4n) is 2.40. The van der Waals surface area contributed by atoms with Crippen LogP contribution in [0.4, 0.5) is 5.69 Å². The molecule has 0 unspecified atom stereocenters. The zero-order valence-electron chi connectivity index (χ0n) is 12.8. The van der Waals surface area contributed by atoms with Gasteiger partial charge in [-0.3, -0.25) is 14.4 Å². The Morgan fingerprint density at radius 3 is 2.12 bits per heavy atom. The molecule has 0 aliphatic heterocycles. The van der Waals surface area contributed by atoms with Crippen molar-refractivity contribution < 1.29 is 14.4 Å². The number of anilines is 1. The Labute approximate surface area is 142 Å². The molecule has 0 bridgehead atoms. The van der Waals surface area contributed by atoms with E-state index in [9.17, 15) is 14.4 Å². The number of nitrogens with two attached hydrogens (primary N) is 1. The van der Waals surface area contributed by atoms with Gasteiger partial charge in [0.15, 0.2) is 0 Å². The van der Waals surface area contributed by atoms with E-state index in [4.69, 9.17) is 5.73 Å². The summed E-state index contributed by atoms with van der Waals surface area (Å²) in [6.45, 7) is 1.43. The average Bonchev–Trinajstić information content (AvgIpc) is 2.58. The van der Waals surface area contributed by atoms with Crippen molar-refractivity contribution in [3.05, 3.63) is 70.3 Å². The van der Waals surface area contributed by atoms with Crippen molar-refractivity contribution >= 4 is 34.9 Å². The second kappa shape index (κ2) is 6.33. The minimum Gasteiger partial charge on any atom is -0.395 e.